The van der Waals surface area contributed by atoms with Gasteiger partial charge in [-0.05, 0) is 30.2 Å². The zero-order chi connectivity index (χ0) is 20.1. The van der Waals surface area contributed by atoms with Gasteiger partial charge >= 0.3 is 0 Å². The molecule has 2 N–H and O–H groups in total. The summed E-state index contributed by atoms with van der Waals surface area (Å²) in [5, 5.41) is 5.91. The van der Waals surface area contributed by atoms with Gasteiger partial charge in [-0.2, -0.15) is 0 Å². The predicted octanol–water partition coefficient (Wildman–Crippen LogP) is 2.75. The third kappa shape index (κ3) is 4.89. The van der Waals surface area contributed by atoms with Crippen LogP contribution in [0.3, 0.4) is 0 Å². The summed E-state index contributed by atoms with van der Waals surface area (Å²) >= 11 is 6.04. The molecule has 1 heterocycles. The van der Waals surface area contributed by atoms with E-state index >= 15 is 0 Å². The van der Waals surface area contributed by atoms with Crippen LogP contribution in [0.5, 0.6) is 0 Å². The molecule has 0 aliphatic carbocycles. The first-order valence-corrected chi connectivity index (χ1v) is 9.46. The Kier molecular flexibility index (Phi) is 6.31. The molecule has 0 aromatic heterocycles. The van der Waals surface area contributed by atoms with Crippen molar-refractivity contribution in [3.8, 4) is 0 Å². The number of amides is 3. The molecule has 1 aliphatic heterocycles. The van der Waals surface area contributed by atoms with Crippen molar-refractivity contribution in [2.45, 2.75) is 19.9 Å². The molecular formula is C21H22ClN3O3. The zero-order valence-corrected chi connectivity index (χ0v) is 16.3. The highest BCUT2D eigenvalue weighted by atomic mass is 35.5. The molecule has 146 valence electrons. The molecule has 2 aromatic rings. The van der Waals surface area contributed by atoms with Crippen molar-refractivity contribution >= 4 is 35.0 Å². The van der Waals surface area contributed by atoms with Crippen LogP contribution < -0.4 is 10.6 Å². The van der Waals surface area contributed by atoms with Gasteiger partial charge in [0.05, 0.1) is 12.5 Å². The van der Waals surface area contributed by atoms with Crippen molar-refractivity contribution in [2.24, 2.45) is 5.92 Å². The van der Waals surface area contributed by atoms with Crippen LogP contribution in [0.2, 0.25) is 5.02 Å². The Hall–Kier alpha value is -2.86. The van der Waals surface area contributed by atoms with Crippen LogP contribution in [-0.2, 0) is 20.9 Å². The summed E-state index contributed by atoms with van der Waals surface area (Å²) in [4.78, 5) is 38.4. The second-order valence-corrected chi connectivity index (χ2v) is 7.25. The Labute approximate surface area is 168 Å². The predicted molar refractivity (Wildman–Crippen MR) is 108 cm³/mol. The second kappa shape index (κ2) is 8.89. The maximum absolute atomic E-state index is 12.4. The first-order chi connectivity index (χ1) is 13.4. The fraction of sp³-hybridized carbons (Fsp3) is 0.286. The number of nitrogens with one attached hydrogen (secondary N) is 2. The third-order valence-electron chi connectivity index (χ3n) is 4.77. The Morgan fingerprint density at radius 1 is 1.14 bits per heavy atom. The Bertz CT molecular complexity index is 886. The van der Waals surface area contributed by atoms with Crippen LogP contribution in [0, 0.1) is 12.8 Å². The van der Waals surface area contributed by atoms with E-state index in [0.29, 0.717) is 23.8 Å². The van der Waals surface area contributed by atoms with E-state index in [2.05, 4.69) is 10.6 Å². The quantitative estimate of drug-likeness (QED) is 0.784. The van der Waals surface area contributed by atoms with E-state index in [9.17, 15) is 14.4 Å². The number of nitrogens with zero attached hydrogens (tertiary/aromatic N) is 1. The summed E-state index contributed by atoms with van der Waals surface area (Å²) in [7, 11) is 0. The van der Waals surface area contributed by atoms with Gasteiger partial charge in [0.2, 0.25) is 17.7 Å². The molecule has 6 nitrogen and oxygen atoms in total. The maximum Gasteiger partial charge on any atom is 0.243 e. The van der Waals surface area contributed by atoms with Crippen molar-refractivity contribution in [3.63, 3.8) is 0 Å². The lowest BCUT2D eigenvalue weighted by atomic mass is 10.1. The van der Waals surface area contributed by atoms with Gasteiger partial charge in [0.15, 0.2) is 0 Å². The van der Waals surface area contributed by atoms with Gasteiger partial charge in [0.25, 0.3) is 0 Å². The Balaban J connectivity index is 1.49. The number of anilines is 1. The van der Waals surface area contributed by atoms with E-state index in [1.807, 2.05) is 37.3 Å². The van der Waals surface area contributed by atoms with E-state index in [0.717, 1.165) is 11.1 Å². The summed E-state index contributed by atoms with van der Waals surface area (Å²) in [6.45, 7) is 2.49. The number of hydrogen-bond acceptors (Lipinski definition) is 3. The normalized spacial score (nSPS) is 16.1. The van der Waals surface area contributed by atoms with Gasteiger partial charge in [-0.25, -0.2) is 0 Å². The molecule has 0 spiro atoms. The number of carbonyl (C=O) groups is 3. The molecule has 0 radical (unpaired) electrons. The van der Waals surface area contributed by atoms with Crippen molar-refractivity contribution in [1.29, 1.82) is 0 Å². The molecule has 1 fully saturated rings. The minimum Gasteiger partial charge on any atom is -0.347 e. The summed E-state index contributed by atoms with van der Waals surface area (Å²) in [6.07, 6.45) is 0.160. The number of rotatable bonds is 6. The van der Waals surface area contributed by atoms with E-state index in [-0.39, 0.29) is 30.7 Å². The van der Waals surface area contributed by atoms with E-state index < -0.39 is 5.92 Å². The average molecular weight is 400 g/mol. The molecule has 1 saturated heterocycles. The lowest BCUT2D eigenvalue weighted by Crippen LogP contribution is -2.37. The highest BCUT2D eigenvalue weighted by molar-refractivity contribution is 6.31. The van der Waals surface area contributed by atoms with Crippen LogP contribution in [-0.4, -0.2) is 35.7 Å². The summed E-state index contributed by atoms with van der Waals surface area (Å²) < 4.78 is 0. The molecule has 0 saturated carbocycles. The van der Waals surface area contributed by atoms with Gasteiger partial charge in [0.1, 0.15) is 0 Å². The maximum atomic E-state index is 12.4. The number of halogens is 1. The van der Waals surface area contributed by atoms with E-state index in [1.165, 1.54) is 0 Å². The molecular weight excluding hydrogens is 378 g/mol. The van der Waals surface area contributed by atoms with Crippen LogP contribution in [0.25, 0.3) is 0 Å². The van der Waals surface area contributed by atoms with Gasteiger partial charge in [-0.1, -0.05) is 48.0 Å². The summed E-state index contributed by atoms with van der Waals surface area (Å²) in [5.41, 5.74) is 2.40. The lowest BCUT2D eigenvalue weighted by molar-refractivity contribution is -0.129. The largest absolute Gasteiger partial charge is 0.347 e. The molecule has 3 rings (SSSR count). The summed E-state index contributed by atoms with van der Waals surface area (Å²) in [5.74, 6) is -1.13. The molecule has 1 atom stereocenters. The standard InChI is InChI=1S/C21H22ClN3O3/c1-14-17(22)8-5-9-18(14)24-19(26)11-23-21(28)16-10-20(27)25(13-16)12-15-6-3-2-4-7-15/h2-9,16H,10-13H2,1H3,(H,23,28)(H,24,26)/t16-/m1/s1. The molecule has 7 heteroatoms. The average Bonchev–Trinajstić information content (AvgIpc) is 3.05. The highest BCUT2D eigenvalue weighted by Gasteiger charge is 2.34. The number of carbonyl (C=O) groups excluding carboxylic acids is 3. The monoisotopic (exact) mass is 399 g/mol. The zero-order valence-electron chi connectivity index (χ0n) is 15.6. The molecule has 0 unspecified atom stereocenters. The van der Waals surface area contributed by atoms with Crippen LogP contribution >= 0.6 is 11.6 Å². The number of benzene rings is 2. The molecule has 28 heavy (non-hydrogen) atoms. The number of likely N-dealkylation sites (tertiary alicyclic amines) is 1. The van der Waals surface area contributed by atoms with Crippen molar-refractivity contribution < 1.29 is 14.4 Å². The fourth-order valence-corrected chi connectivity index (χ4v) is 3.33. The molecule has 1 aliphatic rings. The van der Waals surface area contributed by atoms with Gasteiger partial charge < -0.3 is 15.5 Å². The minimum atomic E-state index is -0.447. The van der Waals surface area contributed by atoms with Crippen LogP contribution in [0.15, 0.2) is 48.5 Å². The van der Waals surface area contributed by atoms with E-state index in [1.54, 1.807) is 23.1 Å². The molecule has 0 bridgehead atoms. The minimum absolute atomic E-state index is 0.0528. The van der Waals surface area contributed by atoms with Crippen molar-refractivity contribution in [3.05, 3.63) is 64.7 Å². The van der Waals surface area contributed by atoms with Crippen LogP contribution in [0.4, 0.5) is 5.69 Å². The fourth-order valence-electron chi connectivity index (χ4n) is 3.15. The first-order valence-electron chi connectivity index (χ1n) is 9.08. The topological polar surface area (TPSA) is 78.5 Å². The third-order valence-corrected chi connectivity index (χ3v) is 5.18. The lowest BCUT2D eigenvalue weighted by Gasteiger charge is -2.16. The Morgan fingerprint density at radius 2 is 1.89 bits per heavy atom. The summed E-state index contributed by atoms with van der Waals surface area (Å²) in [6, 6.07) is 14.9. The Morgan fingerprint density at radius 3 is 2.64 bits per heavy atom. The first kappa shape index (κ1) is 19.9. The highest BCUT2D eigenvalue weighted by Crippen LogP contribution is 2.23. The second-order valence-electron chi connectivity index (χ2n) is 6.84. The smallest absolute Gasteiger partial charge is 0.243 e. The van der Waals surface area contributed by atoms with Gasteiger partial charge in [0, 0.05) is 30.2 Å². The molecule has 3 amide bonds. The van der Waals surface area contributed by atoms with Gasteiger partial charge in [-0.15, -0.1) is 0 Å². The van der Waals surface area contributed by atoms with Crippen molar-refractivity contribution in [2.75, 3.05) is 18.4 Å². The van der Waals surface area contributed by atoms with E-state index in [4.69, 9.17) is 11.6 Å². The van der Waals surface area contributed by atoms with Gasteiger partial charge in [-0.3, -0.25) is 14.4 Å². The SMILES string of the molecule is Cc1c(Cl)cccc1NC(=O)CNC(=O)[C@@H]1CC(=O)N(Cc2ccccc2)C1. The van der Waals surface area contributed by atoms with Crippen LogP contribution in [0.1, 0.15) is 17.5 Å². The number of hydrogen-bond donors (Lipinski definition) is 2. The van der Waals surface area contributed by atoms with Crippen molar-refractivity contribution in [1.82, 2.24) is 10.2 Å². The molecule has 2 aromatic carbocycles.